The highest BCUT2D eigenvalue weighted by atomic mass is 31.1. The van der Waals surface area contributed by atoms with Gasteiger partial charge in [0.2, 0.25) is 13.2 Å². The molecule has 0 bridgehead atoms. The number of esters is 2. The van der Waals surface area contributed by atoms with Crippen LogP contribution in [0.15, 0.2) is 0 Å². The number of hydrogen-bond donors (Lipinski definition) is 0. The Morgan fingerprint density at radius 1 is 0.889 bits per heavy atom. The minimum atomic E-state index is -2.55. The fourth-order valence-electron chi connectivity index (χ4n) is 0.842. The van der Waals surface area contributed by atoms with Crippen molar-refractivity contribution in [2.75, 3.05) is 13.2 Å². The average Bonchev–Trinajstić information content (AvgIpc) is 2.21. The zero-order chi connectivity index (χ0) is 14.1. The predicted octanol–water partition coefficient (Wildman–Crippen LogP) is 1.58. The first-order valence-corrected chi connectivity index (χ1v) is 6.52. The third-order valence-electron chi connectivity index (χ3n) is 1.31. The largest absolute Gasteiger partial charge is 0.698 e. The topological polar surface area (TPSA) is 88.1 Å². The van der Waals surface area contributed by atoms with E-state index in [2.05, 4.69) is 9.05 Å². The summed E-state index contributed by atoms with van der Waals surface area (Å²) in [5, 5.41) is 0. The minimum absolute atomic E-state index is 0.277. The van der Waals surface area contributed by atoms with Crippen molar-refractivity contribution in [3.8, 4) is 0 Å². The molecule has 8 heteroatoms. The number of carbonyl (C=O) groups is 2. The first kappa shape index (κ1) is 17.0. The van der Waals surface area contributed by atoms with Crippen molar-refractivity contribution < 1.29 is 32.7 Å². The van der Waals surface area contributed by atoms with Crippen LogP contribution in [0.1, 0.15) is 27.7 Å². The van der Waals surface area contributed by atoms with E-state index in [1.807, 2.05) is 0 Å². The lowest BCUT2D eigenvalue weighted by atomic mass is 10.5. The molecule has 0 aliphatic carbocycles. The highest BCUT2D eigenvalue weighted by Crippen LogP contribution is 2.23. The molecule has 0 N–H and O–H groups in total. The first-order valence-electron chi connectivity index (χ1n) is 5.43. The van der Waals surface area contributed by atoms with E-state index < -0.39 is 33.4 Å². The Morgan fingerprint density at radius 3 is 1.50 bits per heavy atom. The quantitative estimate of drug-likeness (QED) is 0.493. The second-order valence-electron chi connectivity index (χ2n) is 3.85. The molecule has 0 aliphatic heterocycles. The van der Waals surface area contributed by atoms with E-state index in [1.54, 1.807) is 27.7 Å². The van der Waals surface area contributed by atoms with Gasteiger partial charge in [-0.2, -0.15) is 0 Å². The van der Waals surface area contributed by atoms with Crippen LogP contribution in [-0.4, -0.2) is 37.4 Å². The lowest BCUT2D eigenvalue weighted by Gasteiger charge is -2.05. The van der Waals surface area contributed by atoms with Crippen molar-refractivity contribution >= 4 is 20.2 Å². The summed E-state index contributed by atoms with van der Waals surface area (Å²) in [7, 11) is -2.55. The van der Waals surface area contributed by atoms with Crippen LogP contribution in [0.2, 0.25) is 0 Å². The summed E-state index contributed by atoms with van der Waals surface area (Å²) in [6.45, 7) is 5.72. The Morgan fingerprint density at radius 2 is 1.22 bits per heavy atom. The molecule has 0 rings (SSSR count). The molecule has 0 saturated heterocycles. The lowest BCUT2D eigenvalue weighted by molar-refractivity contribution is -0.150. The summed E-state index contributed by atoms with van der Waals surface area (Å²) in [6.07, 6.45) is -0.554. The van der Waals surface area contributed by atoms with Gasteiger partial charge in [-0.25, -0.2) is 9.59 Å². The normalized spacial score (nSPS) is 10.6. The maximum Gasteiger partial charge on any atom is 0.698 e. The van der Waals surface area contributed by atoms with Crippen molar-refractivity contribution in [3.05, 3.63) is 0 Å². The maximum absolute atomic E-state index is 11.1. The zero-order valence-electron chi connectivity index (χ0n) is 10.9. The van der Waals surface area contributed by atoms with Gasteiger partial charge >= 0.3 is 20.2 Å². The van der Waals surface area contributed by atoms with Crippen molar-refractivity contribution in [2.45, 2.75) is 39.9 Å². The molecule has 0 aromatic carbocycles. The second kappa shape index (κ2) is 8.97. The van der Waals surface area contributed by atoms with Crippen LogP contribution in [0, 0.1) is 0 Å². The summed E-state index contributed by atoms with van der Waals surface area (Å²) >= 11 is 0. The summed E-state index contributed by atoms with van der Waals surface area (Å²) in [5.41, 5.74) is 0. The molecule has 0 unspecified atom stereocenters. The Balaban J connectivity index is 3.72. The van der Waals surface area contributed by atoms with Crippen molar-refractivity contribution in [3.63, 3.8) is 0 Å². The number of rotatable bonds is 8. The van der Waals surface area contributed by atoms with Gasteiger partial charge < -0.3 is 9.47 Å². The van der Waals surface area contributed by atoms with Crippen LogP contribution in [0.3, 0.4) is 0 Å². The smallest absolute Gasteiger partial charge is 0.461 e. The molecule has 0 heterocycles. The summed E-state index contributed by atoms with van der Waals surface area (Å²) in [6, 6.07) is 0. The first-order chi connectivity index (χ1) is 8.31. The Labute approximate surface area is 107 Å². The molecule has 0 fully saturated rings. The number of hydrogen-bond acceptors (Lipinski definition) is 7. The third kappa shape index (κ3) is 10.1. The summed E-state index contributed by atoms with van der Waals surface area (Å²) in [5.74, 6) is -1.30. The second-order valence-corrected chi connectivity index (χ2v) is 4.81. The molecule has 0 aliphatic rings. The molecule has 0 radical (unpaired) electrons. The van der Waals surface area contributed by atoms with Crippen LogP contribution < -0.4 is 0 Å². The van der Waals surface area contributed by atoms with Gasteiger partial charge in [0.1, 0.15) is 0 Å². The SMILES string of the molecule is CC(C)OC(=O)CO[P+](=O)OCC(=O)OC(C)C. The minimum Gasteiger partial charge on any atom is -0.461 e. The predicted molar refractivity (Wildman–Crippen MR) is 62.0 cm³/mol. The van der Waals surface area contributed by atoms with Gasteiger partial charge in [0.05, 0.1) is 12.2 Å². The monoisotopic (exact) mass is 281 g/mol. The van der Waals surface area contributed by atoms with Crippen LogP contribution in [-0.2, 0) is 32.7 Å². The van der Waals surface area contributed by atoms with E-state index in [1.165, 1.54) is 0 Å². The Kier molecular flexibility index (Phi) is 8.45. The maximum atomic E-state index is 11.1. The average molecular weight is 281 g/mol. The molecule has 0 aromatic heterocycles. The highest BCUT2D eigenvalue weighted by molar-refractivity contribution is 7.33. The molecule has 7 nitrogen and oxygen atoms in total. The van der Waals surface area contributed by atoms with E-state index in [0.29, 0.717) is 0 Å². The summed E-state index contributed by atoms with van der Waals surface area (Å²) < 4.78 is 29.7. The van der Waals surface area contributed by atoms with E-state index >= 15 is 0 Å². The fraction of sp³-hybridized carbons (Fsp3) is 0.800. The fourth-order valence-corrected chi connectivity index (χ4v) is 1.34. The van der Waals surface area contributed by atoms with Crippen molar-refractivity contribution in [1.29, 1.82) is 0 Å². The van der Waals surface area contributed by atoms with E-state index in [9.17, 15) is 14.2 Å². The molecular weight excluding hydrogens is 263 g/mol. The van der Waals surface area contributed by atoms with Crippen LogP contribution >= 0.6 is 8.25 Å². The van der Waals surface area contributed by atoms with Gasteiger partial charge in [0.25, 0.3) is 0 Å². The van der Waals surface area contributed by atoms with Gasteiger partial charge in [-0.3, -0.25) is 0 Å². The standard InChI is InChI=1S/C10H18O7P/c1-7(2)16-9(11)5-14-18(13)15-6-10(12)17-8(3)4/h7-8H,5-6H2,1-4H3/q+1. The highest BCUT2D eigenvalue weighted by Gasteiger charge is 2.25. The van der Waals surface area contributed by atoms with Crippen LogP contribution in [0.4, 0.5) is 0 Å². The molecular formula is C10H18O7P+. The van der Waals surface area contributed by atoms with Crippen molar-refractivity contribution in [2.24, 2.45) is 0 Å². The Hall–Kier alpha value is -1.04. The third-order valence-corrected chi connectivity index (χ3v) is 1.99. The van der Waals surface area contributed by atoms with E-state index in [4.69, 9.17) is 9.47 Å². The number of carbonyl (C=O) groups excluding carboxylic acids is 2. The van der Waals surface area contributed by atoms with Gasteiger partial charge in [-0.1, -0.05) is 0 Å². The molecule has 18 heavy (non-hydrogen) atoms. The van der Waals surface area contributed by atoms with Gasteiger partial charge in [-0.05, 0) is 27.7 Å². The molecule has 104 valence electrons. The van der Waals surface area contributed by atoms with Gasteiger partial charge in [0, 0.05) is 4.57 Å². The molecule has 0 saturated carbocycles. The zero-order valence-corrected chi connectivity index (χ0v) is 11.8. The van der Waals surface area contributed by atoms with Crippen LogP contribution in [0.25, 0.3) is 0 Å². The molecule has 0 atom stereocenters. The van der Waals surface area contributed by atoms with Crippen LogP contribution in [0.5, 0.6) is 0 Å². The van der Waals surface area contributed by atoms with E-state index in [0.717, 1.165) is 0 Å². The Bertz CT molecular complexity index is 273. The van der Waals surface area contributed by atoms with Gasteiger partial charge in [0.15, 0.2) is 0 Å². The summed E-state index contributed by atoms with van der Waals surface area (Å²) in [4.78, 5) is 22.0. The van der Waals surface area contributed by atoms with E-state index in [-0.39, 0.29) is 12.2 Å². The van der Waals surface area contributed by atoms with Crippen molar-refractivity contribution in [1.82, 2.24) is 0 Å². The molecule has 0 aromatic rings. The van der Waals surface area contributed by atoms with Gasteiger partial charge in [-0.15, -0.1) is 9.05 Å². The lowest BCUT2D eigenvalue weighted by Crippen LogP contribution is -2.17. The molecule has 0 amide bonds. The number of ether oxygens (including phenoxy) is 2. The molecule has 0 spiro atoms.